The maximum atomic E-state index is 13.4. The summed E-state index contributed by atoms with van der Waals surface area (Å²) in [6.45, 7) is 0. The number of thiazole rings is 1. The van der Waals surface area contributed by atoms with E-state index in [1.807, 2.05) is 54.6 Å². The molecule has 7 nitrogen and oxygen atoms in total. The number of carbonyl (C=O) groups excluding carboxylic acids is 1. The summed E-state index contributed by atoms with van der Waals surface area (Å²) in [5, 5.41) is 12.7. The van der Waals surface area contributed by atoms with Crippen LogP contribution in [0.1, 0.15) is 16.0 Å². The number of rotatable bonds is 6. The van der Waals surface area contributed by atoms with Gasteiger partial charge in [0.1, 0.15) is 0 Å². The molecular weight excluding hydrogens is 516 g/mol. The molecule has 0 N–H and O–H groups in total. The minimum atomic E-state index is -0.456. The van der Waals surface area contributed by atoms with Gasteiger partial charge in [-0.2, -0.15) is 4.99 Å². The molecule has 3 aromatic carbocycles. The van der Waals surface area contributed by atoms with Gasteiger partial charge in [0.25, 0.3) is 11.6 Å². The summed E-state index contributed by atoms with van der Waals surface area (Å²) >= 11 is 8.97. The van der Waals surface area contributed by atoms with Crippen molar-refractivity contribution in [2.24, 2.45) is 4.99 Å². The molecule has 178 valence electrons. The maximum Gasteiger partial charge on any atom is 0.271 e. The highest BCUT2D eigenvalue weighted by molar-refractivity contribution is 8.19. The van der Waals surface area contributed by atoms with Gasteiger partial charge in [0.15, 0.2) is 5.17 Å². The lowest BCUT2D eigenvalue weighted by Crippen LogP contribution is -2.28. The first-order valence-corrected chi connectivity index (χ1v) is 12.8. The number of benzene rings is 3. The van der Waals surface area contributed by atoms with E-state index in [0.29, 0.717) is 37.9 Å². The number of hydrogen-bond donors (Lipinski definition) is 0. The van der Waals surface area contributed by atoms with Crippen LogP contribution in [0.2, 0.25) is 5.02 Å². The Morgan fingerprint density at radius 1 is 1.03 bits per heavy atom. The molecule has 0 unspecified atom stereocenters. The summed E-state index contributed by atoms with van der Waals surface area (Å²) < 4.78 is 0. The number of nitro groups is 1. The molecule has 1 amide bonds. The SMILES string of the molecule is O=C1/C(=C\c2ccc([N+](=O)[O-])cc2)SC(=Nc2ncc(Cc3ccccc3Cl)s2)N1c1ccccc1. The molecule has 2 heterocycles. The molecule has 36 heavy (non-hydrogen) atoms. The van der Waals surface area contributed by atoms with Crippen LogP contribution in [0.15, 0.2) is 95.0 Å². The van der Waals surface area contributed by atoms with Crippen LogP contribution in [-0.4, -0.2) is 21.0 Å². The normalized spacial score (nSPS) is 15.7. The van der Waals surface area contributed by atoms with Crippen molar-refractivity contribution in [3.8, 4) is 0 Å². The van der Waals surface area contributed by atoms with Gasteiger partial charge in [-0.1, -0.05) is 59.3 Å². The largest absolute Gasteiger partial charge is 0.271 e. The number of halogens is 1. The van der Waals surface area contributed by atoms with Gasteiger partial charge < -0.3 is 0 Å². The molecule has 5 rings (SSSR count). The fourth-order valence-corrected chi connectivity index (χ4v) is 5.59. The average molecular weight is 533 g/mol. The average Bonchev–Trinajstić information content (AvgIpc) is 3.45. The third-order valence-electron chi connectivity index (χ3n) is 5.28. The third kappa shape index (κ3) is 5.23. The topological polar surface area (TPSA) is 88.7 Å². The number of nitrogens with zero attached hydrogens (tertiary/aromatic N) is 4. The summed E-state index contributed by atoms with van der Waals surface area (Å²) in [7, 11) is 0. The number of aromatic nitrogens is 1. The van der Waals surface area contributed by atoms with Crippen LogP contribution in [0.25, 0.3) is 6.08 Å². The van der Waals surface area contributed by atoms with Crippen LogP contribution in [0.3, 0.4) is 0 Å². The first-order valence-electron chi connectivity index (χ1n) is 10.8. The Kier molecular flexibility index (Phi) is 6.95. The van der Waals surface area contributed by atoms with Crippen LogP contribution in [0.4, 0.5) is 16.5 Å². The molecule has 0 radical (unpaired) electrons. The summed E-state index contributed by atoms with van der Waals surface area (Å²) in [5.41, 5.74) is 2.37. The third-order valence-corrected chi connectivity index (χ3v) is 7.51. The van der Waals surface area contributed by atoms with Gasteiger partial charge in [-0.25, -0.2) is 4.98 Å². The van der Waals surface area contributed by atoms with Crippen LogP contribution in [-0.2, 0) is 11.2 Å². The fourth-order valence-electron chi connectivity index (χ4n) is 3.54. The zero-order valence-electron chi connectivity index (χ0n) is 18.6. The number of para-hydroxylation sites is 1. The zero-order chi connectivity index (χ0) is 25.1. The highest BCUT2D eigenvalue weighted by Gasteiger charge is 2.35. The van der Waals surface area contributed by atoms with Crippen molar-refractivity contribution in [3.63, 3.8) is 0 Å². The van der Waals surface area contributed by atoms with E-state index in [2.05, 4.69) is 4.98 Å². The zero-order valence-corrected chi connectivity index (χ0v) is 21.0. The van der Waals surface area contributed by atoms with Gasteiger partial charge in [-0.3, -0.25) is 19.8 Å². The van der Waals surface area contributed by atoms with Crippen LogP contribution in [0.5, 0.6) is 0 Å². The Morgan fingerprint density at radius 3 is 2.47 bits per heavy atom. The van der Waals surface area contributed by atoms with E-state index in [1.165, 1.54) is 35.2 Å². The van der Waals surface area contributed by atoms with E-state index in [1.54, 1.807) is 29.3 Å². The van der Waals surface area contributed by atoms with Crippen LogP contribution < -0.4 is 4.90 Å². The summed E-state index contributed by atoms with van der Waals surface area (Å²) in [6, 6.07) is 23.0. The molecule has 0 saturated carbocycles. The first kappa shape index (κ1) is 23.9. The predicted octanol–water partition coefficient (Wildman–Crippen LogP) is 7.10. The van der Waals surface area contributed by atoms with Crippen molar-refractivity contribution in [2.45, 2.75) is 6.42 Å². The Hall–Kier alpha value is -3.79. The Labute approximate surface area is 219 Å². The van der Waals surface area contributed by atoms with Gasteiger partial charge in [-0.05, 0) is 59.3 Å². The molecule has 0 atom stereocenters. The number of carbonyl (C=O) groups is 1. The Morgan fingerprint density at radius 2 is 1.75 bits per heavy atom. The van der Waals surface area contributed by atoms with E-state index in [9.17, 15) is 14.9 Å². The number of thioether (sulfide) groups is 1. The van der Waals surface area contributed by atoms with E-state index >= 15 is 0 Å². The summed E-state index contributed by atoms with van der Waals surface area (Å²) in [6.07, 6.45) is 4.12. The molecule has 1 aromatic heterocycles. The van der Waals surface area contributed by atoms with Crippen LogP contribution in [0, 0.1) is 10.1 Å². The van der Waals surface area contributed by atoms with Crippen molar-refractivity contribution in [2.75, 3.05) is 4.90 Å². The second kappa shape index (κ2) is 10.4. The summed E-state index contributed by atoms with van der Waals surface area (Å²) in [5.74, 6) is -0.226. The lowest BCUT2D eigenvalue weighted by Gasteiger charge is -2.14. The molecule has 1 saturated heterocycles. The molecule has 10 heteroatoms. The van der Waals surface area contributed by atoms with E-state index in [0.717, 1.165) is 10.4 Å². The lowest BCUT2D eigenvalue weighted by atomic mass is 10.1. The maximum absolute atomic E-state index is 13.4. The Balaban J connectivity index is 1.46. The monoisotopic (exact) mass is 532 g/mol. The second-order valence-electron chi connectivity index (χ2n) is 7.71. The number of nitro benzene ring substituents is 1. The molecule has 0 spiro atoms. The highest BCUT2D eigenvalue weighted by atomic mass is 35.5. The van der Waals surface area contributed by atoms with Crippen molar-refractivity contribution >= 4 is 68.4 Å². The molecule has 0 aliphatic carbocycles. The number of aliphatic imine (C=N–C) groups is 1. The number of anilines is 1. The van der Waals surface area contributed by atoms with Gasteiger partial charge in [0.2, 0.25) is 5.13 Å². The fraction of sp³-hybridized carbons (Fsp3) is 0.0385. The molecule has 1 aliphatic rings. The van der Waals surface area contributed by atoms with Gasteiger partial charge in [-0.15, -0.1) is 0 Å². The molecule has 1 fully saturated rings. The molecule has 1 aliphatic heterocycles. The minimum absolute atomic E-state index is 0.00733. The van der Waals surface area contributed by atoms with E-state index in [4.69, 9.17) is 16.6 Å². The number of hydrogen-bond acceptors (Lipinski definition) is 7. The van der Waals surface area contributed by atoms with E-state index < -0.39 is 4.92 Å². The first-order chi connectivity index (χ1) is 17.5. The van der Waals surface area contributed by atoms with Crippen molar-refractivity contribution in [1.82, 2.24) is 4.98 Å². The molecular formula is C26H17ClN4O3S2. The van der Waals surface area contributed by atoms with Crippen molar-refractivity contribution in [3.05, 3.63) is 121 Å². The van der Waals surface area contributed by atoms with Gasteiger partial charge in [0.05, 0.1) is 15.5 Å². The summed E-state index contributed by atoms with van der Waals surface area (Å²) in [4.78, 5) is 36.0. The highest BCUT2D eigenvalue weighted by Crippen LogP contribution is 2.38. The van der Waals surface area contributed by atoms with Gasteiger partial charge in [0, 0.05) is 34.7 Å². The number of amidine groups is 1. The van der Waals surface area contributed by atoms with Gasteiger partial charge >= 0.3 is 0 Å². The molecule has 4 aromatic rings. The standard InChI is InChI=1S/C26H17ClN4O3S2/c27-22-9-5-4-6-18(22)15-21-16-28-25(35-21)29-26-30(19-7-2-1-3-8-19)24(32)23(36-26)14-17-10-12-20(13-11-17)31(33)34/h1-14,16H,15H2/b23-14+,29-26?. The minimum Gasteiger partial charge on any atom is -0.268 e. The van der Waals surface area contributed by atoms with Crippen molar-refractivity contribution < 1.29 is 9.72 Å². The molecule has 0 bridgehead atoms. The van der Waals surface area contributed by atoms with Crippen LogP contribution >= 0.6 is 34.7 Å². The predicted molar refractivity (Wildman–Crippen MR) is 146 cm³/mol. The van der Waals surface area contributed by atoms with Crippen molar-refractivity contribution in [1.29, 1.82) is 0 Å². The number of non-ortho nitro benzene ring substituents is 1. The second-order valence-corrected chi connectivity index (χ2v) is 10.2. The quantitative estimate of drug-likeness (QED) is 0.150. The Bertz CT molecular complexity index is 1500. The van der Waals surface area contributed by atoms with E-state index in [-0.39, 0.29) is 11.6 Å². The number of amides is 1. The smallest absolute Gasteiger partial charge is 0.268 e. The lowest BCUT2D eigenvalue weighted by molar-refractivity contribution is -0.384.